The summed E-state index contributed by atoms with van der Waals surface area (Å²) in [5.41, 5.74) is 3.70. The van der Waals surface area contributed by atoms with Gasteiger partial charge in [-0.1, -0.05) is 11.6 Å². The monoisotopic (exact) mass is 364 g/mol. The number of nitro groups is 2. The van der Waals surface area contributed by atoms with Crippen molar-refractivity contribution in [2.45, 2.75) is 0 Å². The van der Waals surface area contributed by atoms with Gasteiger partial charge in [-0.05, 0) is 24.3 Å². The van der Waals surface area contributed by atoms with Crippen LogP contribution in [0.2, 0.25) is 5.02 Å². The first-order valence-corrected chi connectivity index (χ1v) is 6.92. The van der Waals surface area contributed by atoms with Gasteiger partial charge in [0.15, 0.2) is 0 Å². The highest BCUT2D eigenvalue weighted by molar-refractivity contribution is 6.36. The fourth-order valence-corrected chi connectivity index (χ4v) is 2.18. The number of carbonyl (C=O) groups is 2. The van der Waals surface area contributed by atoms with E-state index in [0.29, 0.717) is 6.07 Å². The van der Waals surface area contributed by atoms with Gasteiger partial charge in [-0.2, -0.15) is 0 Å². The Labute approximate surface area is 144 Å². The number of hydrogen-bond acceptors (Lipinski definition) is 6. The molecule has 0 saturated carbocycles. The summed E-state index contributed by atoms with van der Waals surface area (Å²) in [4.78, 5) is 43.3. The summed E-state index contributed by atoms with van der Waals surface area (Å²) in [5, 5.41) is 23.7. The van der Waals surface area contributed by atoms with Crippen LogP contribution in [0, 0.1) is 20.2 Å². The Kier molecular flexibility index (Phi) is 4.94. The molecule has 2 rings (SSSR count). The molecule has 11 heteroatoms. The minimum Gasteiger partial charge on any atom is -0.366 e. The third-order valence-corrected chi connectivity index (χ3v) is 3.51. The maximum absolute atomic E-state index is 12.3. The molecular formula is C14H9ClN4O6. The minimum atomic E-state index is -0.923. The predicted octanol–water partition coefficient (Wildman–Crippen LogP) is 2.51. The van der Waals surface area contributed by atoms with Crippen molar-refractivity contribution in [3.63, 3.8) is 0 Å². The van der Waals surface area contributed by atoms with Crippen LogP contribution < -0.4 is 11.1 Å². The topological polar surface area (TPSA) is 158 Å². The molecule has 2 aromatic rings. The van der Waals surface area contributed by atoms with Crippen LogP contribution >= 0.6 is 11.6 Å². The van der Waals surface area contributed by atoms with E-state index in [-0.39, 0.29) is 11.3 Å². The number of halogens is 1. The van der Waals surface area contributed by atoms with Crippen LogP contribution in [0.15, 0.2) is 36.4 Å². The molecule has 2 amide bonds. The number of anilines is 1. The molecule has 10 nitrogen and oxygen atoms in total. The molecule has 2 aromatic carbocycles. The Hall–Kier alpha value is -3.53. The molecule has 0 aliphatic rings. The lowest BCUT2D eigenvalue weighted by Gasteiger charge is -2.07. The molecule has 0 aliphatic heterocycles. The number of nitrogens with zero attached hydrogens (tertiary/aromatic N) is 2. The number of rotatable bonds is 5. The number of amides is 2. The summed E-state index contributed by atoms with van der Waals surface area (Å²) in [7, 11) is 0. The molecule has 0 fully saturated rings. The summed E-state index contributed by atoms with van der Waals surface area (Å²) >= 11 is 5.82. The molecule has 0 heterocycles. The standard InChI is InChI=1S/C14H9ClN4O6/c15-12-10(5-9(18(22)23)6-11(12)19(24)25)14(21)17-8-3-1-7(2-4-8)13(16)20/h1-6H,(H2,16,20)(H,17,21). The highest BCUT2D eigenvalue weighted by atomic mass is 35.5. The number of nitrogens with one attached hydrogen (secondary N) is 1. The molecule has 25 heavy (non-hydrogen) atoms. The van der Waals surface area contributed by atoms with Gasteiger partial charge < -0.3 is 11.1 Å². The third-order valence-electron chi connectivity index (χ3n) is 3.12. The van der Waals surface area contributed by atoms with E-state index in [1.807, 2.05) is 0 Å². The summed E-state index contributed by atoms with van der Waals surface area (Å²) in [6.45, 7) is 0. The van der Waals surface area contributed by atoms with Crippen LogP contribution in [-0.2, 0) is 0 Å². The fourth-order valence-electron chi connectivity index (χ4n) is 1.91. The highest BCUT2D eigenvalue weighted by Gasteiger charge is 2.26. The second-order valence-corrected chi connectivity index (χ2v) is 5.11. The first-order valence-electron chi connectivity index (χ1n) is 6.54. The SMILES string of the molecule is NC(=O)c1ccc(NC(=O)c2cc([N+](=O)[O-])cc([N+](=O)[O-])c2Cl)cc1. The first kappa shape index (κ1) is 17.8. The molecule has 0 atom stereocenters. The number of nitro benzene ring substituents is 2. The van der Waals surface area contributed by atoms with Gasteiger partial charge in [-0.15, -0.1) is 0 Å². The van der Waals surface area contributed by atoms with Gasteiger partial charge in [0.1, 0.15) is 5.02 Å². The number of nitrogens with two attached hydrogens (primary N) is 1. The van der Waals surface area contributed by atoms with Gasteiger partial charge in [0, 0.05) is 17.3 Å². The normalized spacial score (nSPS) is 10.1. The molecule has 0 unspecified atom stereocenters. The van der Waals surface area contributed by atoms with E-state index >= 15 is 0 Å². The molecule has 0 aliphatic carbocycles. The lowest BCUT2D eigenvalue weighted by atomic mass is 10.1. The molecule has 0 saturated heterocycles. The van der Waals surface area contributed by atoms with Crippen LogP contribution in [-0.4, -0.2) is 21.7 Å². The van der Waals surface area contributed by atoms with Crippen LogP contribution in [0.1, 0.15) is 20.7 Å². The lowest BCUT2D eigenvalue weighted by Crippen LogP contribution is -2.14. The van der Waals surface area contributed by atoms with E-state index in [1.54, 1.807) is 0 Å². The van der Waals surface area contributed by atoms with Gasteiger partial charge in [0.05, 0.1) is 21.5 Å². The first-order chi connectivity index (χ1) is 11.7. The third kappa shape index (κ3) is 3.87. The molecule has 0 radical (unpaired) electrons. The average Bonchev–Trinajstić information content (AvgIpc) is 2.54. The van der Waals surface area contributed by atoms with Crippen molar-refractivity contribution >= 4 is 40.5 Å². The fraction of sp³-hybridized carbons (Fsp3) is 0. The predicted molar refractivity (Wildman–Crippen MR) is 87.7 cm³/mol. The smallest absolute Gasteiger partial charge is 0.295 e. The molecule has 0 aromatic heterocycles. The number of benzene rings is 2. The van der Waals surface area contributed by atoms with Gasteiger partial charge in [0.25, 0.3) is 17.3 Å². The molecule has 3 N–H and O–H groups in total. The quantitative estimate of drug-likeness (QED) is 0.612. The van der Waals surface area contributed by atoms with Crippen molar-refractivity contribution in [3.8, 4) is 0 Å². The largest absolute Gasteiger partial charge is 0.366 e. The molecular weight excluding hydrogens is 356 g/mol. The Balaban J connectivity index is 2.39. The summed E-state index contributed by atoms with van der Waals surface area (Å²) in [5.74, 6) is -1.54. The number of hydrogen-bond donors (Lipinski definition) is 2. The van der Waals surface area contributed by atoms with Gasteiger partial charge in [-0.3, -0.25) is 29.8 Å². The summed E-state index contributed by atoms with van der Waals surface area (Å²) in [6.07, 6.45) is 0. The molecule has 128 valence electrons. The second-order valence-electron chi connectivity index (χ2n) is 4.74. The lowest BCUT2D eigenvalue weighted by molar-refractivity contribution is -0.394. The maximum Gasteiger partial charge on any atom is 0.295 e. The Morgan fingerprint density at radius 3 is 2.12 bits per heavy atom. The van der Waals surface area contributed by atoms with Gasteiger partial charge >= 0.3 is 0 Å². The van der Waals surface area contributed by atoms with E-state index in [4.69, 9.17) is 17.3 Å². The van der Waals surface area contributed by atoms with Gasteiger partial charge in [-0.25, -0.2) is 0 Å². The zero-order valence-electron chi connectivity index (χ0n) is 12.3. The van der Waals surface area contributed by atoms with Crippen molar-refractivity contribution in [2.75, 3.05) is 5.32 Å². The van der Waals surface area contributed by atoms with E-state index in [9.17, 15) is 29.8 Å². The van der Waals surface area contributed by atoms with Crippen LogP contribution in [0.3, 0.4) is 0 Å². The van der Waals surface area contributed by atoms with Crippen LogP contribution in [0.25, 0.3) is 0 Å². The minimum absolute atomic E-state index is 0.210. The molecule has 0 bridgehead atoms. The van der Waals surface area contributed by atoms with E-state index < -0.39 is 43.6 Å². The Morgan fingerprint density at radius 2 is 1.64 bits per heavy atom. The van der Waals surface area contributed by atoms with Crippen LogP contribution in [0.5, 0.6) is 0 Å². The summed E-state index contributed by atoms with van der Waals surface area (Å²) < 4.78 is 0. The Bertz CT molecular complexity index is 897. The Morgan fingerprint density at radius 1 is 1.04 bits per heavy atom. The number of primary amides is 1. The summed E-state index contributed by atoms with van der Waals surface area (Å²) in [6, 6.07) is 6.96. The maximum atomic E-state index is 12.3. The number of non-ortho nitro benzene ring substituents is 1. The van der Waals surface area contributed by atoms with Crippen LogP contribution in [0.4, 0.5) is 17.1 Å². The average molecular weight is 365 g/mol. The highest BCUT2D eigenvalue weighted by Crippen LogP contribution is 2.33. The van der Waals surface area contributed by atoms with Crippen molar-refractivity contribution in [1.82, 2.24) is 0 Å². The van der Waals surface area contributed by atoms with Crippen molar-refractivity contribution < 1.29 is 19.4 Å². The van der Waals surface area contributed by atoms with E-state index in [0.717, 1.165) is 6.07 Å². The number of carbonyl (C=O) groups excluding carboxylic acids is 2. The van der Waals surface area contributed by atoms with Crippen molar-refractivity contribution in [2.24, 2.45) is 5.73 Å². The zero-order valence-corrected chi connectivity index (χ0v) is 13.0. The van der Waals surface area contributed by atoms with Crippen molar-refractivity contribution in [3.05, 3.63) is 72.8 Å². The second kappa shape index (κ2) is 6.93. The van der Waals surface area contributed by atoms with E-state index in [1.165, 1.54) is 24.3 Å². The van der Waals surface area contributed by atoms with E-state index in [2.05, 4.69) is 5.32 Å². The molecule has 0 spiro atoms. The van der Waals surface area contributed by atoms with Crippen molar-refractivity contribution in [1.29, 1.82) is 0 Å². The zero-order chi connectivity index (χ0) is 18.7. The van der Waals surface area contributed by atoms with Gasteiger partial charge in [0.2, 0.25) is 5.91 Å².